The van der Waals surface area contributed by atoms with Crippen LogP contribution in [0.1, 0.15) is 15.9 Å². The molecule has 0 fully saturated rings. The lowest BCUT2D eigenvalue weighted by molar-refractivity contribution is 0.103. The van der Waals surface area contributed by atoms with Gasteiger partial charge in [0.1, 0.15) is 11.6 Å². The molecule has 0 bridgehead atoms. The molecule has 2 rings (SSSR count). The predicted molar refractivity (Wildman–Crippen MR) is 70.5 cm³/mol. The summed E-state index contributed by atoms with van der Waals surface area (Å²) in [5, 5.41) is 0. The number of ketones is 1. The number of carbonyl (C=O) groups is 1. The highest BCUT2D eigenvalue weighted by molar-refractivity contribution is 9.10. The van der Waals surface area contributed by atoms with Crippen LogP contribution in [0.3, 0.4) is 0 Å². The number of carbonyl (C=O) groups excluding carboxylic acids is 1. The Labute approximate surface area is 113 Å². The van der Waals surface area contributed by atoms with Crippen molar-refractivity contribution in [2.24, 2.45) is 0 Å². The molecule has 2 nitrogen and oxygen atoms in total. The zero-order valence-corrected chi connectivity index (χ0v) is 11.2. The molecule has 2 aromatic carbocycles. The van der Waals surface area contributed by atoms with E-state index in [4.69, 9.17) is 4.74 Å². The van der Waals surface area contributed by atoms with Crippen LogP contribution in [0.15, 0.2) is 46.9 Å². The Kier molecular flexibility index (Phi) is 3.77. The number of ether oxygens (including phenoxy) is 1. The van der Waals surface area contributed by atoms with Crippen LogP contribution in [-0.2, 0) is 0 Å². The molecule has 0 atom stereocenters. The molecule has 0 spiro atoms. The highest BCUT2D eigenvalue weighted by Gasteiger charge is 2.17. The summed E-state index contributed by atoms with van der Waals surface area (Å²) in [6.45, 7) is 0. The second-order valence-electron chi connectivity index (χ2n) is 3.65. The first-order chi connectivity index (χ1) is 8.63. The van der Waals surface area contributed by atoms with Crippen LogP contribution in [0.2, 0.25) is 0 Å². The van der Waals surface area contributed by atoms with E-state index in [-0.39, 0.29) is 11.3 Å². The molecule has 0 aliphatic rings. The molecule has 0 aromatic heterocycles. The molecule has 0 aliphatic heterocycles. The van der Waals surface area contributed by atoms with Gasteiger partial charge in [0.25, 0.3) is 0 Å². The first kappa shape index (κ1) is 12.8. The van der Waals surface area contributed by atoms with E-state index in [0.717, 1.165) is 0 Å². The Bertz CT molecular complexity index is 596. The molecule has 0 radical (unpaired) electrons. The second kappa shape index (κ2) is 5.31. The molecule has 18 heavy (non-hydrogen) atoms. The maximum Gasteiger partial charge on any atom is 0.197 e. The van der Waals surface area contributed by atoms with Gasteiger partial charge in [-0.15, -0.1) is 0 Å². The lowest BCUT2D eigenvalue weighted by atomic mass is 10.0. The molecular weight excluding hydrogens is 299 g/mol. The zero-order chi connectivity index (χ0) is 13.1. The minimum Gasteiger partial charge on any atom is -0.496 e. The summed E-state index contributed by atoms with van der Waals surface area (Å²) in [5.41, 5.74) is 0.686. The fourth-order valence-corrected chi connectivity index (χ4v) is 2.08. The number of rotatable bonds is 3. The quantitative estimate of drug-likeness (QED) is 0.806. The van der Waals surface area contributed by atoms with Crippen molar-refractivity contribution in [1.82, 2.24) is 0 Å². The highest BCUT2D eigenvalue weighted by Crippen LogP contribution is 2.25. The van der Waals surface area contributed by atoms with E-state index in [2.05, 4.69) is 15.9 Å². The van der Waals surface area contributed by atoms with Crippen molar-refractivity contribution in [2.45, 2.75) is 0 Å². The number of hydrogen-bond acceptors (Lipinski definition) is 2. The summed E-state index contributed by atoms with van der Waals surface area (Å²) in [6, 6.07) is 10.9. The lowest BCUT2D eigenvalue weighted by Gasteiger charge is -2.08. The van der Waals surface area contributed by atoms with Gasteiger partial charge in [-0.1, -0.05) is 28.1 Å². The summed E-state index contributed by atoms with van der Waals surface area (Å²) >= 11 is 3.25. The minimum absolute atomic E-state index is 0.277. The smallest absolute Gasteiger partial charge is 0.197 e. The van der Waals surface area contributed by atoms with Gasteiger partial charge >= 0.3 is 0 Å². The third-order valence-corrected chi connectivity index (χ3v) is 3.22. The molecule has 0 saturated carbocycles. The van der Waals surface area contributed by atoms with Crippen LogP contribution < -0.4 is 4.74 Å². The van der Waals surface area contributed by atoms with Crippen molar-refractivity contribution in [1.29, 1.82) is 0 Å². The molecule has 0 unspecified atom stereocenters. The Morgan fingerprint density at radius 1 is 1.17 bits per heavy atom. The molecule has 0 N–H and O–H groups in total. The summed E-state index contributed by atoms with van der Waals surface area (Å²) < 4.78 is 18.9. The van der Waals surface area contributed by atoms with Gasteiger partial charge in [-0.05, 0) is 30.3 Å². The Morgan fingerprint density at radius 3 is 2.61 bits per heavy atom. The van der Waals surface area contributed by atoms with E-state index < -0.39 is 5.82 Å². The first-order valence-electron chi connectivity index (χ1n) is 5.26. The van der Waals surface area contributed by atoms with Gasteiger partial charge in [0.15, 0.2) is 5.78 Å². The third-order valence-electron chi connectivity index (χ3n) is 2.52. The molecule has 92 valence electrons. The average Bonchev–Trinajstić information content (AvgIpc) is 2.40. The topological polar surface area (TPSA) is 26.3 Å². The molecule has 0 heterocycles. The van der Waals surface area contributed by atoms with Gasteiger partial charge in [-0.3, -0.25) is 4.79 Å². The van der Waals surface area contributed by atoms with Gasteiger partial charge in [-0.2, -0.15) is 0 Å². The molecule has 0 aliphatic carbocycles. The van der Waals surface area contributed by atoms with E-state index in [1.165, 1.54) is 25.3 Å². The normalized spacial score (nSPS) is 10.2. The standard InChI is InChI=1S/C14H10BrFO2/c1-18-13-5-3-2-4-10(13)14(17)11-8-9(16)6-7-12(11)15/h2-8H,1H3. The predicted octanol–water partition coefficient (Wildman–Crippen LogP) is 3.83. The molecule has 4 heteroatoms. The van der Waals surface area contributed by atoms with E-state index in [1.54, 1.807) is 24.3 Å². The first-order valence-corrected chi connectivity index (χ1v) is 6.05. The van der Waals surface area contributed by atoms with Crippen molar-refractivity contribution in [2.75, 3.05) is 7.11 Å². The lowest BCUT2D eigenvalue weighted by Crippen LogP contribution is -2.05. The fraction of sp³-hybridized carbons (Fsp3) is 0.0714. The average molecular weight is 309 g/mol. The summed E-state index contributed by atoms with van der Waals surface area (Å²) in [5.74, 6) is -0.256. The van der Waals surface area contributed by atoms with E-state index in [0.29, 0.717) is 15.8 Å². The van der Waals surface area contributed by atoms with E-state index >= 15 is 0 Å². The highest BCUT2D eigenvalue weighted by atomic mass is 79.9. The molecule has 0 saturated heterocycles. The maximum absolute atomic E-state index is 13.2. The van der Waals surface area contributed by atoms with E-state index in [9.17, 15) is 9.18 Å². The largest absolute Gasteiger partial charge is 0.496 e. The zero-order valence-electron chi connectivity index (χ0n) is 9.61. The summed E-state index contributed by atoms with van der Waals surface area (Å²) in [4.78, 5) is 12.3. The minimum atomic E-state index is -0.448. The number of benzene rings is 2. The van der Waals surface area contributed by atoms with Crippen LogP contribution in [0.5, 0.6) is 5.75 Å². The number of halogens is 2. The van der Waals surface area contributed by atoms with Crippen molar-refractivity contribution < 1.29 is 13.9 Å². The van der Waals surface area contributed by atoms with Crippen molar-refractivity contribution in [3.63, 3.8) is 0 Å². The van der Waals surface area contributed by atoms with Crippen LogP contribution in [-0.4, -0.2) is 12.9 Å². The summed E-state index contributed by atoms with van der Waals surface area (Å²) in [7, 11) is 1.49. The van der Waals surface area contributed by atoms with Crippen LogP contribution in [0, 0.1) is 5.82 Å². The van der Waals surface area contributed by atoms with Crippen LogP contribution >= 0.6 is 15.9 Å². The van der Waals surface area contributed by atoms with Gasteiger partial charge < -0.3 is 4.74 Å². The third kappa shape index (κ3) is 2.43. The Balaban J connectivity index is 2.51. The molecule has 2 aromatic rings. The fourth-order valence-electron chi connectivity index (χ4n) is 1.65. The molecule has 0 amide bonds. The monoisotopic (exact) mass is 308 g/mol. The Hall–Kier alpha value is -1.68. The Morgan fingerprint density at radius 2 is 1.89 bits per heavy atom. The second-order valence-corrected chi connectivity index (χ2v) is 4.51. The van der Waals surface area contributed by atoms with Gasteiger partial charge in [0.05, 0.1) is 12.7 Å². The van der Waals surface area contributed by atoms with Crippen LogP contribution in [0.4, 0.5) is 4.39 Å². The van der Waals surface area contributed by atoms with E-state index in [1.807, 2.05) is 0 Å². The molecular formula is C14H10BrFO2. The van der Waals surface area contributed by atoms with Crippen LogP contribution in [0.25, 0.3) is 0 Å². The number of methoxy groups -OCH3 is 1. The number of para-hydroxylation sites is 1. The van der Waals surface area contributed by atoms with Gasteiger partial charge in [0.2, 0.25) is 0 Å². The van der Waals surface area contributed by atoms with Crippen molar-refractivity contribution in [3.05, 3.63) is 63.9 Å². The van der Waals surface area contributed by atoms with Gasteiger partial charge in [0, 0.05) is 10.0 Å². The number of hydrogen-bond donors (Lipinski definition) is 0. The van der Waals surface area contributed by atoms with Gasteiger partial charge in [-0.25, -0.2) is 4.39 Å². The van der Waals surface area contributed by atoms with Crippen molar-refractivity contribution in [3.8, 4) is 5.75 Å². The summed E-state index contributed by atoms with van der Waals surface area (Å²) in [6.07, 6.45) is 0. The van der Waals surface area contributed by atoms with Crippen molar-refractivity contribution >= 4 is 21.7 Å². The SMILES string of the molecule is COc1ccccc1C(=O)c1cc(F)ccc1Br. The maximum atomic E-state index is 13.2.